The van der Waals surface area contributed by atoms with Crippen molar-refractivity contribution in [3.05, 3.63) is 82.8 Å². The average molecular weight is 335 g/mol. The molecule has 0 aromatic heterocycles. The number of rotatable bonds is 5. The molecule has 2 heterocycles. The Hall–Kier alpha value is -2.55. The molecule has 2 aliphatic heterocycles. The topological polar surface area (TPSA) is 50.4 Å². The molecule has 0 spiro atoms. The minimum atomic E-state index is 0.276. The van der Waals surface area contributed by atoms with Gasteiger partial charge >= 0.3 is 0 Å². The van der Waals surface area contributed by atoms with Crippen molar-refractivity contribution in [2.24, 2.45) is 16.6 Å². The number of hydrogen-bond acceptors (Lipinski definition) is 3. The second-order valence-electron chi connectivity index (χ2n) is 6.40. The quantitative estimate of drug-likeness (QED) is 0.734. The van der Waals surface area contributed by atoms with Gasteiger partial charge in [0.1, 0.15) is 0 Å². The second kappa shape index (κ2) is 9.07. The van der Waals surface area contributed by atoms with Gasteiger partial charge in [-0.2, -0.15) is 0 Å². The molecule has 1 atom stereocenters. The Morgan fingerprint density at radius 3 is 2.96 bits per heavy atom. The predicted molar refractivity (Wildman–Crippen MR) is 109 cm³/mol. The normalized spacial score (nSPS) is 23.5. The summed E-state index contributed by atoms with van der Waals surface area (Å²) in [6.07, 6.45) is 17.8. The maximum Gasteiger partial charge on any atom is 0.0580 e. The standard InChI is InChI=1S/C22H29N3/c1-5-22(23)17(3)9-8-16(2)19-7-6-11-24-15-21(18(4)13-19)20-10-12-25-14-20/h6-10,13-16,24H,4-5,11-12,23H2,1-3H3/b7-6-,9-8-,19-13+,21-15?,22-17-. The summed E-state index contributed by atoms with van der Waals surface area (Å²) in [6, 6.07) is 0. The van der Waals surface area contributed by atoms with Crippen molar-refractivity contribution in [1.29, 1.82) is 0 Å². The SMILES string of the molecule is C=C1/C=C(C(C)/C=C\C(C)=C(/N)CC)\C=C/CNC=C1C1=CCN=C1. The highest BCUT2D eigenvalue weighted by atomic mass is 14.8. The summed E-state index contributed by atoms with van der Waals surface area (Å²) in [7, 11) is 0. The summed E-state index contributed by atoms with van der Waals surface area (Å²) in [5.41, 5.74) is 12.5. The molecule has 0 saturated carbocycles. The third-order valence-electron chi connectivity index (χ3n) is 4.49. The van der Waals surface area contributed by atoms with Gasteiger partial charge in [-0.25, -0.2) is 0 Å². The van der Waals surface area contributed by atoms with Crippen LogP contribution < -0.4 is 11.1 Å². The van der Waals surface area contributed by atoms with Crippen LogP contribution in [0, 0.1) is 5.92 Å². The number of nitrogens with two attached hydrogens (primary N) is 1. The van der Waals surface area contributed by atoms with Gasteiger partial charge in [0.15, 0.2) is 0 Å². The largest absolute Gasteiger partial charge is 0.402 e. The first kappa shape index (κ1) is 18.8. The Morgan fingerprint density at radius 2 is 2.28 bits per heavy atom. The van der Waals surface area contributed by atoms with Gasteiger partial charge in [-0.1, -0.05) is 56.9 Å². The van der Waals surface area contributed by atoms with E-state index in [1.165, 1.54) is 5.57 Å². The Labute approximate surface area is 151 Å². The van der Waals surface area contributed by atoms with Crippen LogP contribution in [0.2, 0.25) is 0 Å². The lowest BCUT2D eigenvalue weighted by Gasteiger charge is -2.12. The minimum Gasteiger partial charge on any atom is -0.402 e. The zero-order valence-electron chi connectivity index (χ0n) is 15.5. The molecule has 25 heavy (non-hydrogen) atoms. The molecule has 3 heteroatoms. The van der Waals surface area contributed by atoms with E-state index in [0.29, 0.717) is 0 Å². The minimum absolute atomic E-state index is 0.276. The highest BCUT2D eigenvalue weighted by molar-refractivity contribution is 5.89. The molecular weight excluding hydrogens is 306 g/mol. The van der Waals surface area contributed by atoms with Crippen LogP contribution in [0.3, 0.4) is 0 Å². The maximum absolute atomic E-state index is 6.01. The van der Waals surface area contributed by atoms with E-state index < -0.39 is 0 Å². The Kier molecular flexibility index (Phi) is 6.81. The predicted octanol–water partition coefficient (Wildman–Crippen LogP) is 4.36. The van der Waals surface area contributed by atoms with Gasteiger partial charge in [0.05, 0.1) is 6.54 Å². The van der Waals surface area contributed by atoms with E-state index in [0.717, 1.165) is 47.5 Å². The number of aliphatic imine (C=N–C) groups is 1. The zero-order chi connectivity index (χ0) is 18.2. The molecule has 0 aliphatic carbocycles. The smallest absolute Gasteiger partial charge is 0.0580 e. The fourth-order valence-electron chi connectivity index (χ4n) is 2.72. The molecule has 1 unspecified atom stereocenters. The van der Waals surface area contributed by atoms with Gasteiger partial charge < -0.3 is 11.1 Å². The fraction of sp³-hybridized carbons (Fsp3) is 0.318. The molecule has 3 N–H and O–H groups in total. The van der Waals surface area contributed by atoms with Gasteiger partial charge in [0.2, 0.25) is 0 Å². The van der Waals surface area contributed by atoms with Crippen molar-refractivity contribution in [2.75, 3.05) is 13.1 Å². The van der Waals surface area contributed by atoms with Gasteiger partial charge in [0, 0.05) is 30.2 Å². The molecule has 2 aliphatic rings. The van der Waals surface area contributed by atoms with Crippen molar-refractivity contribution in [2.45, 2.75) is 27.2 Å². The molecule has 0 amide bonds. The van der Waals surface area contributed by atoms with Crippen LogP contribution in [0.1, 0.15) is 27.2 Å². The Morgan fingerprint density at radius 1 is 1.48 bits per heavy atom. The van der Waals surface area contributed by atoms with E-state index in [-0.39, 0.29) is 5.92 Å². The van der Waals surface area contributed by atoms with Gasteiger partial charge in [0.25, 0.3) is 0 Å². The molecule has 3 nitrogen and oxygen atoms in total. The molecule has 0 aromatic carbocycles. The number of nitrogens with one attached hydrogen (secondary N) is 1. The highest BCUT2D eigenvalue weighted by Gasteiger charge is 2.11. The van der Waals surface area contributed by atoms with E-state index >= 15 is 0 Å². The highest BCUT2D eigenvalue weighted by Crippen LogP contribution is 2.25. The van der Waals surface area contributed by atoms with Crippen LogP contribution in [0.5, 0.6) is 0 Å². The summed E-state index contributed by atoms with van der Waals surface area (Å²) < 4.78 is 0. The lowest BCUT2D eigenvalue weighted by molar-refractivity contribution is 0.884. The molecule has 0 saturated heterocycles. The van der Waals surface area contributed by atoms with Crippen LogP contribution in [0.15, 0.2) is 87.8 Å². The lowest BCUT2D eigenvalue weighted by Crippen LogP contribution is -2.06. The molecule has 2 rings (SSSR count). The van der Waals surface area contributed by atoms with Crippen LogP contribution >= 0.6 is 0 Å². The second-order valence-corrected chi connectivity index (χ2v) is 6.40. The van der Waals surface area contributed by atoms with Gasteiger partial charge in [-0.05, 0) is 41.6 Å². The summed E-state index contributed by atoms with van der Waals surface area (Å²) >= 11 is 0. The zero-order valence-corrected chi connectivity index (χ0v) is 15.5. The molecule has 0 fully saturated rings. The fourth-order valence-corrected chi connectivity index (χ4v) is 2.72. The van der Waals surface area contributed by atoms with Crippen LogP contribution in [-0.2, 0) is 0 Å². The van der Waals surface area contributed by atoms with Crippen molar-refractivity contribution in [3.8, 4) is 0 Å². The Bertz CT molecular complexity index is 724. The van der Waals surface area contributed by atoms with Crippen molar-refractivity contribution >= 4 is 6.21 Å². The summed E-state index contributed by atoms with van der Waals surface area (Å²) in [5, 5.41) is 3.33. The molecular formula is C22H29N3. The van der Waals surface area contributed by atoms with Crippen molar-refractivity contribution in [1.82, 2.24) is 5.32 Å². The van der Waals surface area contributed by atoms with E-state index in [1.807, 2.05) is 12.4 Å². The number of nitrogens with zero attached hydrogens (tertiary/aromatic N) is 1. The maximum atomic E-state index is 6.01. The molecule has 0 bridgehead atoms. The third kappa shape index (κ3) is 5.21. The first-order chi connectivity index (χ1) is 12.0. The lowest BCUT2D eigenvalue weighted by atomic mass is 9.93. The first-order valence-electron chi connectivity index (χ1n) is 8.87. The molecule has 0 aromatic rings. The van der Waals surface area contributed by atoms with E-state index in [4.69, 9.17) is 5.73 Å². The van der Waals surface area contributed by atoms with Crippen LogP contribution in [0.4, 0.5) is 0 Å². The monoisotopic (exact) mass is 335 g/mol. The van der Waals surface area contributed by atoms with E-state index in [9.17, 15) is 0 Å². The summed E-state index contributed by atoms with van der Waals surface area (Å²) in [5.74, 6) is 0.276. The molecule has 0 radical (unpaired) electrons. The van der Waals surface area contributed by atoms with Crippen molar-refractivity contribution in [3.63, 3.8) is 0 Å². The van der Waals surface area contributed by atoms with E-state index in [1.54, 1.807) is 0 Å². The van der Waals surface area contributed by atoms with Crippen LogP contribution in [0.25, 0.3) is 0 Å². The average Bonchev–Trinajstić information content (AvgIpc) is 3.15. The van der Waals surface area contributed by atoms with Gasteiger partial charge in [-0.3, -0.25) is 4.99 Å². The molecule has 132 valence electrons. The van der Waals surface area contributed by atoms with Gasteiger partial charge in [-0.15, -0.1) is 0 Å². The van der Waals surface area contributed by atoms with E-state index in [2.05, 4.69) is 74.1 Å². The third-order valence-corrected chi connectivity index (χ3v) is 4.49. The number of allylic oxidation sites excluding steroid dienone is 10. The summed E-state index contributed by atoms with van der Waals surface area (Å²) in [6.45, 7) is 12.1. The Balaban J connectivity index is 2.25. The van der Waals surface area contributed by atoms with Crippen molar-refractivity contribution < 1.29 is 0 Å². The van der Waals surface area contributed by atoms with Crippen LogP contribution in [-0.4, -0.2) is 19.3 Å². The number of hydrogen-bond donors (Lipinski definition) is 2. The summed E-state index contributed by atoms with van der Waals surface area (Å²) in [4.78, 5) is 4.29. The first-order valence-corrected chi connectivity index (χ1v) is 8.87.